The molecule has 0 atom stereocenters. The minimum Gasteiger partial charge on any atom is -0.353 e. The molecule has 1 aliphatic rings. The normalized spacial score (nSPS) is 17.1. The number of alkyl halides is 3. The van der Waals surface area contributed by atoms with Crippen LogP contribution in [0, 0.1) is 0 Å². The molecule has 0 bridgehead atoms. The van der Waals surface area contributed by atoms with E-state index in [1.54, 1.807) is 4.90 Å². The summed E-state index contributed by atoms with van der Waals surface area (Å²) in [6.07, 6.45) is -2.02. The van der Waals surface area contributed by atoms with E-state index in [0.717, 1.165) is 12.3 Å². The molecule has 1 aromatic heterocycles. The lowest BCUT2D eigenvalue weighted by molar-refractivity contribution is -0.141. The average molecular weight is 288 g/mol. The van der Waals surface area contributed by atoms with Crippen LogP contribution in [0.15, 0.2) is 12.3 Å². The van der Waals surface area contributed by atoms with E-state index in [2.05, 4.69) is 15.3 Å². The molecule has 2 heterocycles. The first kappa shape index (κ1) is 14.5. The van der Waals surface area contributed by atoms with Crippen LogP contribution < -0.4 is 10.2 Å². The Balaban J connectivity index is 2.02. The molecule has 1 aliphatic heterocycles. The zero-order valence-electron chi connectivity index (χ0n) is 10.9. The third kappa shape index (κ3) is 3.58. The van der Waals surface area contributed by atoms with Crippen LogP contribution in [0.4, 0.5) is 19.1 Å². The molecule has 1 aromatic rings. The second-order valence-corrected chi connectivity index (χ2v) is 4.70. The molecule has 1 N–H and O–H groups in total. The Labute approximate surface area is 114 Å². The van der Waals surface area contributed by atoms with Gasteiger partial charge in [0.15, 0.2) is 0 Å². The van der Waals surface area contributed by atoms with Crippen LogP contribution in [0.3, 0.4) is 0 Å². The van der Waals surface area contributed by atoms with Gasteiger partial charge in [-0.1, -0.05) is 0 Å². The van der Waals surface area contributed by atoms with Crippen LogP contribution in [0.1, 0.15) is 25.5 Å². The van der Waals surface area contributed by atoms with E-state index in [-0.39, 0.29) is 17.9 Å². The number of aromatic nitrogens is 2. The smallest absolute Gasteiger partial charge is 0.353 e. The summed E-state index contributed by atoms with van der Waals surface area (Å²) in [5, 5.41) is 2.80. The van der Waals surface area contributed by atoms with E-state index in [4.69, 9.17) is 0 Å². The van der Waals surface area contributed by atoms with Gasteiger partial charge in [-0.25, -0.2) is 9.97 Å². The van der Waals surface area contributed by atoms with Crippen molar-refractivity contribution in [3.63, 3.8) is 0 Å². The third-order valence-electron chi connectivity index (χ3n) is 3.12. The van der Waals surface area contributed by atoms with Crippen LogP contribution in [-0.4, -0.2) is 35.0 Å². The van der Waals surface area contributed by atoms with Gasteiger partial charge < -0.3 is 10.2 Å². The van der Waals surface area contributed by atoms with Gasteiger partial charge in [0.2, 0.25) is 11.9 Å². The Hall–Kier alpha value is -1.86. The minimum atomic E-state index is -4.47. The number of rotatable bonds is 2. The summed E-state index contributed by atoms with van der Waals surface area (Å²) in [6, 6.07) is 0.919. The summed E-state index contributed by atoms with van der Waals surface area (Å²) in [6.45, 7) is 2.49. The van der Waals surface area contributed by atoms with Crippen molar-refractivity contribution < 1.29 is 18.0 Å². The fourth-order valence-corrected chi connectivity index (χ4v) is 2.17. The van der Waals surface area contributed by atoms with Gasteiger partial charge in [0.05, 0.1) is 0 Å². The Morgan fingerprint density at radius 3 is 2.60 bits per heavy atom. The molecule has 110 valence electrons. The Morgan fingerprint density at radius 2 is 2.05 bits per heavy atom. The van der Waals surface area contributed by atoms with Gasteiger partial charge in [-0.2, -0.15) is 13.2 Å². The molecule has 2 rings (SSSR count). The molecule has 5 nitrogen and oxygen atoms in total. The van der Waals surface area contributed by atoms with Gasteiger partial charge in [-0.15, -0.1) is 0 Å². The first-order chi connectivity index (χ1) is 9.36. The molecule has 1 amide bonds. The van der Waals surface area contributed by atoms with E-state index >= 15 is 0 Å². The van der Waals surface area contributed by atoms with Crippen molar-refractivity contribution in [2.24, 2.45) is 0 Å². The molecule has 0 aromatic carbocycles. The van der Waals surface area contributed by atoms with Crippen LogP contribution in [0.5, 0.6) is 0 Å². The topological polar surface area (TPSA) is 58.1 Å². The minimum absolute atomic E-state index is 0.0644. The average Bonchev–Trinajstić information content (AvgIpc) is 2.38. The highest BCUT2D eigenvalue weighted by atomic mass is 19.4. The molecular formula is C12H15F3N4O. The van der Waals surface area contributed by atoms with Crippen LogP contribution in [0.2, 0.25) is 0 Å². The van der Waals surface area contributed by atoms with Crippen molar-refractivity contribution >= 4 is 11.9 Å². The summed E-state index contributed by atoms with van der Waals surface area (Å²) in [5.74, 6) is -0.0140. The van der Waals surface area contributed by atoms with Gasteiger partial charge in [0, 0.05) is 32.3 Å². The largest absolute Gasteiger partial charge is 0.433 e. The molecule has 1 fully saturated rings. The highest BCUT2D eigenvalue weighted by molar-refractivity contribution is 5.73. The van der Waals surface area contributed by atoms with Crippen molar-refractivity contribution in [1.82, 2.24) is 15.3 Å². The van der Waals surface area contributed by atoms with E-state index in [1.165, 1.54) is 6.92 Å². The summed E-state index contributed by atoms with van der Waals surface area (Å²) in [4.78, 5) is 20.1. The van der Waals surface area contributed by atoms with E-state index in [1.807, 2.05) is 0 Å². The Morgan fingerprint density at radius 1 is 1.40 bits per heavy atom. The Kier molecular flexibility index (Phi) is 4.10. The van der Waals surface area contributed by atoms with Crippen LogP contribution >= 0.6 is 0 Å². The predicted octanol–water partition coefficient (Wildman–Crippen LogP) is 1.60. The third-order valence-corrected chi connectivity index (χ3v) is 3.12. The molecule has 0 aliphatic carbocycles. The summed E-state index contributed by atoms with van der Waals surface area (Å²) < 4.78 is 37.8. The number of hydrogen-bond donors (Lipinski definition) is 1. The lowest BCUT2D eigenvalue weighted by Crippen LogP contribution is -2.44. The number of anilines is 1. The highest BCUT2D eigenvalue weighted by Gasteiger charge is 2.33. The lowest BCUT2D eigenvalue weighted by Gasteiger charge is -2.32. The zero-order chi connectivity index (χ0) is 14.8. The number of halogens is 3. The first-order valence-corrected chi connectivity index (χ1v) is 6.28. The van der Waals surface area contributed by atoms with E-state index in [0.29, 0.717) is 25.9 Å². The monoisotopic (exact) mass is 288 g/mol. The molecule has 1 saturated heterocycles. The number of nitrogens with zero attached hydrogens (tertiary/aromatic N) is 3. The standard InChI is InChI=1S/C12H15F3N4O/c1-8(20)17-9-3-6-19(7-4-9)11-16-5-2-10(18-11)12(13,14)15/h2,5,9H,3-4,6-7H2,1H3,(H,17,20). The van der Waals surface area contributed by atoms with Gasteiger partial charge >= 0.3 is 6.18 Å². The van der Waals surface area contributed by atoms with Crippen molar-refractivity contribution in [1.29, 1.82) is 0 Å². The second-order valence-electron chi connectivity index (χ2n) is 4.70. The number of amides is 1. The summed E-state index contributed by atoms with van der Waals surface area (Å²) in [5.41, 5.74) is -0.938. The van der Waals surface area contributed by atoms with Gasteiger partial charge in [-0.05, 0) is 18.9 Å². The zero-order valence-corrected chi connectivity index (χ0v) is 10.9. The fraction of sp³-hybridized carbons (Fsp3) is 0.583. The van der Waals surface area contributed by atoms with Gasteiger partial charge in [-0.3, -0.25) is 4.79 Å². The number of nitrogens with one attached hydrogen (secondary N) is 1. The quantitative estimate of drug-likeness (QED) is 0.898. The molecular weight excluding hydrogens is 273 g/mol. The molecule has 20 heavy (non-hydrogen) atoms. The van der Waals surface area contributed by atoms with E-state index in [9.17, 15) is 18.0 Å². The summed E-state index contributed by atoms with van der Waals surface area (Å²) in [7, 11) is 0. The van der Waals surface area contributed by atoms with Crippen molar-refractivity contribution in [2.45, 2.75) is 32.0 Å². The maximum atomic E-state index is 12.6. The molecule has 0 radical (unpaired) electrons. The number of hydrogen-bond acceptors (Lipinski definition) is 4. The molecule has 0 spiro atoms. The van der Waals surface area contributed by atoms with E-state index < -0.39 is 11.9 Å². The predicted molar refractivity (Wildman–Crippen MR) is 66.1 cm³/mol. The Bertz CT molecular complexity index is 484. The van der Waals surface area contributed by atoms with Crippen molar-refractivity contribution in [3.05, 3.63) is 18.0 Å². The number of carbonyl (C=O) groups excluding carboxylic acids is 1. The lowest BCUT2D eigenvalue weighted by atomic mass is 10.1. The maximum absolute atomic E-state index is 12.6. The van der Waals surface area contributed by atoms with Crippen molar-refractivity contribution in [3.8, 4) is 0 Å². The summed E-state index contributed by atoms with van der Waals surface area (Å²) >= 11 is 0. The SMILES string of the molecule is CC(=O)NC1CCN(c2nccc(C(F)(F)F)n2)CC1. The fourth-order valence-electron chi connectivity index (χ4n) is 2.17. The number of piperidine rings is 1. The highest BCUT2D eigenvalue weighted by Crippen LogP contribution is 2.28. The second kappa shape index (κ2) is 5.64. The molecule has 0 unspecified atom stereocenters. The molecule has 0 saturated carbocycles. The maximum Gasteiger partial charge on any atom is 0.433 e. The van der Waals surface area contributed by atoms with Crippen LogP contribution in [-0.2, 0) is 11.0 Å². The van der Waals surface area contributed by atoms with Gasteiger partial charge in [0.1, 0.15) is 5.69 Å². The number of carbonyl (C=O) groups is 1. The van der Waals surface area contributed by atoms with Crippen molar-refractivity contribution in [2.75, 3.05) is 18.0 Å². The van der Waals surface area contributed by atoms with Crippen LogP contribution in [0.25, 0.3) is 0 Å². The first-order valence-electron chi connectivity index (χ1n) is 6.28. The molecule has 8 heteroatoms. The van der Waals surface area contributed by atoms with Gasteiger partial charge in [0.25, 0.3) is 0 Å².